The number of aromatic nitrogens is 1. The van der Waals surface area contributed by atoms with E-state index in [-0.39, 0.29) is 34.7 Å². The number of aryl methyl sites for hydroxylation is 1. The van der Waals surface area contributed by atoms with Crippen LogP contribution in [-0.2, 0) is 11.3 Å². The summed E-state index contributed by atoms with van der Waals surface area (Å²) in [6.07, 6.45) is 4.84. The molecule has 2 aromatic rings. The Morgan fingerprint density at radius 3 is 2.72 bits per heavy atom. The highest BCUT2D eigenvalue weighted by Gasteiger charge is 2.52. The third-order valence-electron chi connectivity index (χ3n) is 6.80. The van der Waals surface area contributed by atoms with Gasteiger partial charge in [0.05, 0.1) is 5.41 Å². The molecule has 4 rings (SSSR count). The molecule has 190 valence electrons. The molecule has 1 atom stereocenters. The average Bonchev–Trinajstić information content (AvgIpc) is 3.64. The monoisotopic (exact) mass is 499 g/mol. The molecular formula is C26H28F3N5O2. The van der Waals surface area contributed by atoms with E-state index >= 15 is 0 Å². The molecule has 1 saturated carbocycles. The number of carbonyl (C=O) groups is 2. The fourth-order valence-corrected chi connectivity index (χ4v) is 4.67. The quantitative estimate of drug-likeness (QED) is 0.420. The lowest BCUT2D eigenvalue weighted by molar-refractivity contribution is -0.125. The molecule has 7 nitrogen and oxygen atoms in total. The highest BCUT2D eigenvalue weighted by Crippen LogP contribution is 2.51. The van der Waals surface area contributed by atoms with Gasteiger partial charge in [0.2, 0.25) is 5.91 Å². The van der Waals surface area contributed by atoms with Gasteiger partial charge in [-0.3, -0.25) is 9.59 Å². The minimum absolute atomic E-state index is 0.0409. The van der Waals surface area contributed by atoms with E-state index in [0.717, 1.165) is 37.7 Å². The summed E-state index contributed by atoms with van der Waals surface area (Å²) in [4.78, 5) is 35.1. The molecule has 2 heterocycles. The summed E-state index contributed by atoms with van der Waals surface area (Å²) in [6, 6.07) is 7.26. The number of alkyl halides is 2. The van der Waals surface area contributed by atoms with Crippen LogP contribution in [0.2, 0.25) is 0 Å². The summed E-state index contributed by atoms with van der Waals surface area (Å²) in [5.41, 5.74) is 7.25. The standard InChI is InChI=1S/C26H28F3N5O2/c1-15-7-21(34-6-5-26(2,24(34)36)19-3-4-19)11-22(33-15)23(35)31-13-16-8-17(10-20(27)9-16)18(12-30)14-32-25(28)29/h7-12,14,19,25H,3-6,13,30H2,1-2H3,(H,31,35)/t26-/m0/s1. The predicted molar refractivity (Wildman–Crippen MR) is 131 cm³/mol. The van der Waals surface area contributed by atoms with E-state index in [0.29, 0.717) is 29.4 Å². The van der Waals surface area contributed by atoms with Crippen LogP contribution in [0.5, 0.6) is 0 Å². The van der Waals surface area contributed by atoms with Crippen molar-refractivity contribution in [1.82, 2.24) is 10.3 Å². The average molecular weight is 500 g/mol. The second kappa shape index (κ2) is 10.1. The molecule has 1 aromatic carbocycles. The summed E-state index contributed by atoms with van der Waals surface area (Å²) in [7, 11) is 0. The molecule has 0 bridgehead atoms. The van der Waals surface area contributed by atoms with Crippen LogP contribution in [-0.4, -0.2) is 36.1 Å². The van der Waals surface area contributed by atoms with Crippen LogP contribution in [0.4, 0.5) is 18.9 Å². The van der Waals surface area contributed by atoms with E-state index in [9.17, 15) is 22.8 Å². The Kier molecular flexibility index (Phi) is 7.14. The number of rotatable bonds is 8. The molecule has 3 N–H and O–H groups in total. The number of benzene rings is 1. The van der Waals surface area contributed by atoms with E-state index in [1.54, 1.807) is 24.0 Å². The second-order valence-corrected chi connectivity index (χ2v) is 9.46. The van der Waals surface area contributed by atoms with Crippen molar-refractivity contribution in [3.8, 4) is 0 Å². The minimum atomic E-state index is -2.92. The van der Waals surface area contributed by atoms with Gasteiger partial charge in [0, 0.05) is 42.5 Å². The Bertz CT molecular complexity index is 1240. The maximum atomic E-state index is 14.2. The number of hydrogen-bond donors (Lipinski definition) is 2. The molecule has 2 amide bonds. The van der Waals surface area contributed by atoms with Crippen molar-refractivity contribution in [2.24, 2.45) is 22.1 Å². The maximum absolute atomic E-state index is 14.2. The van der Waals surface area contributed by atoms with Crippen molar-refractivity contribution >= 4 is 29.3 Å². The Morgan fingerprint density at radius 1 is 1.31 bits per heavy atom. The van der Waals surface area contributed by atoms with Gasteiger partial charge in [0.25, 0.3) is 5.91 Å². The van der Waals surface area contributed by atoms with Crippen LogP contribution in [0.1, 0.15) is 53.5 Å². The van der Waals surface area contributed by atoms with Gasteiger partial charge in [0.15, 0.2) is 0 Å². The van der Waals surface area contributed by atoms with E-state index in [1.165, 1.54) is 12.1 Å². The molecule has 2 aliphatic rings. The van der Waals surface area contributed by atoms with Gasteiger partial charge in [-0.15, -0.1) is 0 Å². The number of nitrogens with zero attached hydrogens (tertiary/aromatic N) is 3. The van der Waals surface area contributed by atoms with Crippen LogP contribution < -0.4 is 16.0 Å². The zero-order valence-corrected chi connectivity index (χ0v) is 20.1. The zero-order valence-electron chi connectivity index (χ0n) is 20.1. The fraction of sp³-hybridized carbons (Fsp3) is 0.385. The number of anilines is 1. The highest BCUT2D eigenvalue weighted by atomic mass is 19.3. The van der Waals surface area contributed by atoms with Crippen molar-refractivity contribution in [1.29, 1.82) is 0 Å². The topological polar surface area (TPSA) is 101 Å². The number of aliphatic imine (C=N–C) groups is 1. The molecule has 2 fully saturated rings. The summed E-state index contributed by atoms with van der Waals surface area (Å²) in [6.45, 7) is 1.40. The SMILES string of the molecule is Cc1cc(N2CC[C@@](C)(C3CC3)C2=O)cc(C(=O)NCc2cc(F)cc(C(C=NC(F)F)=CN)c2)n1. The Hall–Kier alpha value is -3.69. The summed E-state index contributed by atoms with van der Waals surface area (Å²) < 4.78 is 39.0. The lowest BCUT2D eigenvalue weighted by Gasteiger charge is -2.23. The summed E-state index contributed by atoms with van der Waals surface area (Å²) in [5.74, 6) is -0.610. The molecular weight excluding hydrogens is 471 g/mol. The van der Waals surface area contributed by atoms with Gasteiger partial charge in [-0.1, -0.05) is 6.92 Å². The van der Waals surface area contributed by atoms with Crippen LogP contribution in [0.25, 0.3) is 5.57 Å². The Morgan fingerprint density at radius 2 is 2.06 bits per heavy atom. The van der Waals surface area contributed by atoms with E-state index in [4.69, 9.17) is 5.73 Å². The van der Waals surface area contributed by atoms with E-state index in [1.807, 2.05) is 6.92 Å². The number of hydrogen-bond acceptors (Lipinski definition) is 5. The largest absolute Gasteiger partial charge is 0.404 e. The van der Waals surface area contributed by atoms with Gasteiger partial charge in [-0.2, -0.15) is 8.78 Å². The maximum Gasteiger partial charge on any atom is 0.331 e. The summed E-state index contributed by atoms with van der Waals surface area (Å²) in [5, 5.41) is 2.70. The lowest BCUT2D eigenvalue weighted by atomic mass is 9.83. The number of halogens is 3. The van der Waals surface area contributed by atoms with Gasteiger partial charge in [-0.05, 0) is 73.6 Å². The zero-order chi connectivity index (χ0) is 26.0. The predicted octanol–water partition coefficient (Wildman–Crippen LogP) is 4.21. The normalized spacial score (nSPS) is 20.6. The highest BCUT2D eigenvalue weighted by molar-refractivity contribution is 6.09. The van der Waals surface area contributed by atoms with Crippen molar-refractivity contribution in [3.63, 3.8) is 0 Å². The molecule has 0 spiro atoms. The first-order valence-corrected chi connectivity index (χ1v) is 11.7. The van der Waals surface area contributed by atoms with E-state index in [2.05, 4.69) is 15.3 Å². The van der Waals surface area contributed by atoms with Crippen molar-refractivity contribution < 1.29 is 22.8 Å². The van der Waals surface area contributed by atoms with Crippen molar-refractivity contribution in [2.75, 3.05) is 11.4 Å². The van der Waals surface area contributed by atoms with Gasteiger partial charge in [-0.25, -0.2) is 14.4 Å². The van der Waals surface area contributed by atoms with Crippen molar-refractivity contribution in [2.45, 2.75) is 46.2 Å². The number of nitrogens with one attached hydrogen (secondary N) is 1. The second-order valence-electron chi connectivity index (χ2n) is 9.46. The number of nitrogens with two attached hydrogens (primary N) is 1. The minimum Gasteiger partial charge on any atom is -0.404 e. The van der Waals surface area contributed by atoms with Gasteiger partial charge >= 0.3 is 6.55 Å². The smallest absolute Gasteiger partial charge is 0.331 e. The first-order valence-electron chi connectivity index (χ1n) is 11.7. The third-order valence-corrected chi connectivity index (χ3v) is 6.80. The lowest BCUT2D eigenvalue weighted by Crippen LogP contribution is -2.34. The van der Waals surface area contributed by atoms with E-state index < -0.39 is 18.3 Å². The molecule has 1 saturated heterocycles. The van der Waals surface area contributed by atoms with Crippen LogP contribution in [0.3, 0.4) is 0 Å². The molecule has 1 aliphatic heterocycles. The third kappa shape index (κ3) is 5.42. The summed E-state index contributed by atoms with van der Waals surface area (Å²) >= 11 is 0. The molecule has 36 heavy (non-hydrogen) atoms. The first kappa shape index (κ1) is 25.4. The van der Waals surface area contributed by atoms with Gasteiger partial charge in [0.1, 0.15) is 11.5 Å². The Labute approximate surface area is 207 Å². The number of amides is 2. The van der Waals surface area contributed by atoms with Crippen LogP contribution >= 0.6 is 0 Å². The number of carbonyl (C=O) groups excluding carboxylic acids is 2. The molecule has 1 aromatic heterocycles. The first-order chi connectivity index (χ1) is 17.1. The molecule has 10 heteroatoms. The molecule has 0 unspecified atom stereocenters. The molecule has 0 radical (unpaired) electrons. The van der Waals surface area contributed by atoms with Gasteiger partial charge < -0.3 is 16.0 Å². The van der Waals surface area contributed by atoms with Crippen molar-refractivity contribution in [3.05, 3.63) is 64.9 Å². The number of allylic oxidation sites excluding steroid dienone is 1. The Balaban J connectivity index is 1.49. The fourth-order valence-electron chi connectivity index (χ4n) is 4.67. The number of pyridine rings is 1. The van der Waals surface area contributed by atoms with Crippen LogP contribution in [0, 0.1) is 24.1 Å². The van der Waals surface area contributed by atoms with Crippen LogP contribution in [0.15, 0.2) is 41.5 Å². The molecule has 1 aliphatic carbocycles.